The molecule has 2 heterocycles. The molecule has 1 unspecified atom stereocenters. The van der Waals surface area contributed by atoms with Gasteiger partial charge in [0.2, 0.25) is 0 Å². The molecule has 0 spiro atoms. The first kappa shape index (κ1) is 13.0. The van der Waals surface area contributed by atoms with E-state index in [1.54, 1.807) is 17.4 Å². The summed E-state index contributed by atoms with van der Waals surface area (Å²) in [5.74, 6) is 0. The smallest absolute Gasteiger partial charge is 0.101 e. The molecule has 2 aromatic heterocycles. The van der Waals surface area contributed by atoms with Crippen molar-refractivity contribution < 1.29 is 5.11 Å². The Kier molecular flexibility index (Phi) is 4.53. The molecule has 0 aliphatic carbocycles. The van der Waals surface area contributed by atoms with Crippen LogP contribution in [0.2, 0.25) is 4.34 Å². The minimum Gasteiger partial charge on any atom is -0.386 e. The van der Waals surface area contributed by atoms with Gasteiger partial charge in [0.15, 0.2) is 0 Å². The van der Waals surface area contributed by atoms with Crippen LogP contribution in [0.25, 0.3) is 0 Å². The summed E-state index contributed by atoms with van der Waals surface area (Å²) < 4.78 is 0.706. The Morgan fingerprint density at radius 2 is 2.29 bits per heavy atom. The number of hydrogen-bond acceptors (Lipinski definition) is 5. The summed E-state index contributed by atoms with van der Waals surface area (Å²) in [6, 6.07) is 3.66. The van der Waals surface area contributed by atoms with Gasteiger partial charge in [-0.2, -0.15) is 0 Å². The molecule has 1 atom stereocenters. The number of nitrogens with one attached hydrogen (secondary N) is 1. The van der Waals surface area contributed by atoms with E-state index in [1.807, 2.05) is 19.2 Å². The van der Waals surface area contributed by atoms with Gasteiger partial charge in [0.25, 0.3) is 0 Å². The molecule has 92 valence electrons. The molecule has 0 aliphatic heterocycles. The molecule has 2 aromatic rings. The Morgan fingerprint density at radius 3 is 2.88 bits per heavy atom. The molecular formula is C11H13ClN2OS2. The molecule has 0 bridgehead atoms. The second-order valence-electron chi connectivity index (χ2n) is 3.63. The first-order valence-electron chi connectivity index (χ1n) is 5.20. The van der Waals surface area contributed by atoms with Gasteiger partial charge in [-0.3, -0.25) is 0 Å². The molecule has 0 fully saturated rings. The predicted octanol–water partition coefficient (Wildman–Crippen LogP) is 2.99. The summed E-state index contributed by atoms with van der Waals surface area (Å²) in [4.78, 5) is 6.25. The third-order valence-corrected chi connectivity index (χ3v) is 4.47. The van der Waals surface area contributed by atoms with Crippen molar-refractivity contribution >= 4 is 34.3 Å². The number of rotatable bonds is 5. The van der Waals surface area contributed by atoms with Crippen molar-refractivity contribution in [1.82, 2.24) is 10.3 Å². The lowest BCUT2D eigenvalue weighted by molar-refractivity contribution is 0.178. The van der Waals surface area contributed by atoms with E-state index in [0.29, 0.717) is 10.9 Å². The van der Waals surface area contributed by atoms with Gasteiger partial charge in [0.05, 0.1) is 9.34 Å². The first-order valence-corrected chi connectivity index (χ1v) is 7.21. The van der Waals surface area contributed by atoms with Crippen molar-refractivity contribution in [2.24, 2.45) is 0 Å². The van der Waals surface area contributed by atoms with Crippen molar-refractivity contribution in [2.45, 2.75) is 19.6 Å². The van der Waals surface area contributed by atoms with Gasteiger partial charge in [-0.05, 0) is 19.1 Å². The average Bonchev–Trinajstić information content (AvgIpc) is 2.88. The fraction of sp³-hybridized carbons (Fsp3) is 0.364. The summed E-state index contributed by atoms with van der Waals surface area (Å²) in [7, 11) is 0. The monoisotopic (exact) mass is 288 g/mol. The minimum atomic E-state index is -0.499. The summed E-state index contributed by atoms with van der Waals surface area (Å²) in [5, 5.41) is 14.2. The molecule has 0 amide bonds. The second-order valence-corrected chi connectivity index (χ2v) is 6.70. The Balaban J connectivity index is 1.78. The van der Waals surface area contributed by atoms with Crippen molar-refractivity contribution in [3.63, 3.8) is 0 Å². The maximum absolute atomic E-state index is 9.89. The highest BCUT2D eigenvalue weighted by Gasteiger charge is 2.09. The van der Waals surface area contributed by atoms with Crippen LogP contribution in [0.4, 0.5) is 0 Å². The van der Waals surface area contributed by atoms with Gasteiger partial charge in [-0.1, -0.05) is 11.6 Å². The molecular weight excluding hydrogens is 276 g/mol. The number of hydrogen-bond donors (Lipinski definition) is 2. The van der Waals surface area contributed by atoms with Crippen LogP contribution < -0.4 is 5.32 Å². The third kappa shape index (κ3) is 3.76. The van der Waals surface area contributed by atoms with Crippen LogP contribution in [0.5, 0.6) is 0 Å². The number of aliphatic hydroxyl groups excluding tert-OH is 1. The quantitative estimate of drug-likeness (QED) is 0.889. The average molecular weight is 289 g/mol. The van der Waals surface area contributed by atoms with Gasteiger partial charge >= 0.3 is 0 Å². The lowest BCUT2D eigenvalue weighted by Crippen LogP contribution is -2.19. The standard InChI is InChI=1S/C11H13ClN2OS2/c1-7-14-5-8(16-7)4-13-6-9(15)10-2-3-11(12)17-10/h2-3,5,9,13,15H,4,6H2,1H3. The molecule has 17 heavy (non-hydrogen) atoms. The van der Waals surface area contributed by atoms with E-state index in [1.165, 1.54) is 16.2 Å². The Hall–Kier alpha value is -0.460. The van der Waals surface area contributed by atoms with E-state index in [-0.39, 0.29) is 0 Å². The van der Waals surface area contributed by atoms with Crippen LogP contribution in [0.15, 0.2) is 18.3 Å². The summed E-state index contributed by atoms with van der Waals surface area (Å²) >= 11 is 8.90. The zero-order chi connectivity index (χ0) is 12.3. The van der Waals surface area contributed by atoms with Crippen LogP contribution in [0.3, 0.4) is 0 Å². The molecule has 3 nitrogen and oxygen atoms in total. The largest absolute Gasteiger partial charge is 0.386 e. The van der Waals surface area contributed by atoms with Crippen molar-refractivity contribution in [2.75, 3.05) is 6.54 Å². The first-order chi connectivity index (χ1) is 8.15. The fourth-order valence-electron chi connectivity index (χ4n) is 1.43. The van der Waals surface area contributed by atoms with Gasteiger partial charge in [-0.15, -0.1) is 22.7 Å². The highest BCUT2D eigenvalue weighted by atomic mass is 35.5. The van der Waals surface area contributed by atoms with Crippen LogP contribution in [0.1, 0.15) is 20.9 Å². The number of aliphatic hydroxyl groups is 1. The highest BCUT2D eigenvalue weighted by Crippen LogP contribution is 2.26. The number of thiophene rings is 1. The van der Waals surface area contributed by atoms with Crippen molar-refractivity contribution in [3.8, 4) is 0 Å². The van der Waals surface area contributed by atoms with E-state index in [0.717, 1.165) is 16.4 Å². The van der Waals surface area contributed by atoms with E-state index < -0.39 is 6.10 Å². The van der Waals surface area contributed by atoms with Gasteiger partial charge < -0.3 is 10.4 Å². The fourth-order valence-corrected chi connectivity index (χ4v) is 3.24. The summed E-state index contributed by atoms with van der Waals surface area (Å²) in [5.41, 5.74) is 0. The van der Waals surface area contributed by atoms with Gasteiger partial charge in [-0.25, -0.2) is 4.98 Å². The van der Waals surface area contributed by atoms with Crippen molar-refractivity contribution in [3.05, 3.63) is 37.4 Å². The molecule has 0 saturated heterocycles. The van der Waals surface area contributed by atoms with Crippen LogP contribution >= 0.6 is 34.3 Å². The lowest BCUT2D eigenvalue weighted by Gasteiger charge is -2.08. The topological polar surface area (TPSA) is 45.2 Å². The number of aromatic nitrogens is 1. The minimum absolute atomic E-state index is 0.499. The predicted molar refractivity (Wildman–Crippen MR) is 72.8 cm³/mol. The van der Waals surface area contributed by atoms with Crippen LogP contribution in [-0.4, -0.2) is 16.6 Å². The number of halogens is 1. The molecule has 2 rings (SSSR count). The Bertz CT molecular complexity index is 483. The molecule has 0 aliphatic rings. The summed E-state index contributed by atoms with van der Waals surface area (Å²) in [6.45, 7) is 3.24. The highest BCUT2D eigenvalue weighted by molar-refractivity contribution is 7.16. The van der Waals surface area contributed by atoms with E-state index in [9.17, 15) is 5.11 Å². The second kappa shape index (κ2) is 5.93. The molecule has 0 radical (unpaired) electrons. The number of nitrogens with zero attached hydrogens (tertiary/aromatic N) is 1. The summed E-state index contributed by atoms with van der Waals surface area (Å²) in [6.07, 6.45) is 1.36. The lowest BCUT2D eigenvalue weighted by atomic mass is 10.3. The maximum Gasteiger partial charge on any atom is 0.101 e. The third-order valence-electron chi connectivity index (χ3n) is 2.23. The van der Waals surface area contributed by atoms with Gasteiger partial charge in [0.1, 0.15) is 6.10 Å². The van der Waals surface area contributed by atoms with E-state index in [4.69, 9.17) is 11.6 Å². The zero-order valence-electron chi connectivity index (χ0n) is 9.31. The van der Waals surface area contributed by atoms with E-state index in [2.05, 4.69) is 10.3 Å². The molecule has 0 aromatic carbocycles. The SMILES string of the molecule is Cc1ncc(CNCC(O)c2ccc(Cl)s2)s1. The Morgan fingerprint density at radius 1 is 1.47 bits per heavy atom. The van der Waals surface area contributed by atoms with Crippen LogP contribution in [-0.2, 0) is 6.54 Å². The molecule has 6 heteroatoms. The molecule has 2 N–H and O–H groups in total. The maximum atomic E-state index is 9.89. The normalized spacial score (nSPS) is 12.9. The Labute approximate surface area is 113 Å². The zero-order valence-corrected chi connectivity index (χ0v) is 11.7. The molecule has 0 saturated carbocycles. The van der Waals surface area contributed by atoms with Crippen molar-refractivity contribution in [1.29, 1.82) is 0 Å². The number of thiazole rings is 1. The van der Waals surface area contributed by atoms with Gasteiger partial charge in [0, 0.05) is 29.0 Å². The van der Waals surface area contributed by atoms with Crippen LogP contribution in [0, 0.1) is 6.92 Å². The van der Waals surface area contributed by atoms with E-state index >= 15 is 0 Å². The number of aryl methyl sites for hydroxylation is 1.